The molecule has 0 fully saturated rings. The monoisotopic (exact) mass is 207 g/mol. The number of nitrogens with zero attached hydrogens (tertiary/aromatic N) is 2. The number of alkyl halides is 3. The summed E-state index contributed by atoms with van der Waals surface area (Å²) in [5, 5.41) is 2.82. The van der Waals surface area contributed by atoms with Crippen molar-refractivity contribution in [3.05, 3.63) is 12.4 Å². The molecule has 0 saturated carbocycles. The van der Waals surface area contributed by atoms with Crippen LogP contribution >= 0.6 is 0 Å². The van der Waals surface area contributed by atoms with E-state index in [2.05, 4.69) is 10.3 Å². The number of imidazole rings is 1. The smallest absolute Gasteiger partial charge is 0.356 e. The van der Waals surface area contributed by atoms with Crippen molar-refractivity contribution in [2.75, 3.05) is 11.9 Å². The Balaban J connectivity index is 2.20. The van der Waals surface area contributed by atoms with Crippen LogP contribution in [0.15, 0.2) is 12.4 Å². The molecular formula is C8H12F3N3. The fourth-order valence-electron chi connectivity index (χ4n) is 1.02. The third-order valence-electron chi connectivity index (χ3n) is 1.74. The van der Waals surface area contributed by atoms with Crippen LogP contribution in [0.1, 0.15) is 12.8 Å². The molecule has 0 aliphatic carbocycles. The molecule has 0 spiro atoms. The second-order valence-electron chi connectivity index (χ2n) is 3.01. The SMILES string of the molecule is Cn1ccnc1NCCCC(F)(F)F. The summed E-state index contributed by atoms with van der Waals surface area (Å²) in [5.74, 6) is 0.590. The van der Waals surface area contributed by atoms with Crippen LogP contribution in [0.25, 0.3) is 0 Å². The molecule has 1 aromatic rings. The van der Waals surface area contributed by atoms with Crippen LogP contribution in [0.3, 0.4) is 0 Å². The molecule has 0 atom stereocenters. The lowest BCUT2D eigenvalue weighted by atomic mass is 10.3. The highest BCUT2D eigenvalue weighted by Crippen LogP contribution is 2.20. The molecule has 1 heterocycles. The van der Waals surface area contributed by atoms with Crippen LogP contribution < -0.4 is 5.32 Å². The van der Waals surface area contributed by atoms with Gasteiger partial charge < -0.3 is 9.88 Å². The lowest BCUT2D eigenvalue weighted by Gasteiger charge is -2.07. The van der Waals surface area contributed by atoms with Crippen molar-refractivity contribution >= 4 is 5.95 Å². The zero-order valence-electron chi connectivity index (χ0n) is 7.80. The van der Waals surface area contributed by atoms with Crippen LogP contribution in [0, 0.1) is 0 Å². The number of hydrogen-bond donors (Lipinski definition) is 1. The Kier molecular flexibility index (Phi) is 3.38. The van der Waals surface area contributed by atoms with Crippen molar-refractivity contribution in [2.24, 2.45) is 7.05 Å². The fraction of sp³-hybridized carbons (Fsp3) is 0.625. The number of nitrogens with one attached hydrogen (secondary N) is 1. The summed E-state index contributed by atoms with van der Waals surface area (Å²) in [6.07, 6.45) is -1.44. The van der Waals surface area contributed by atoms with Crippen molar-refractivity contribution in [1.29, 1.82) is 0 Å². The zero-order valence-corrected chi connectivity index (χ0v) is 7.80. The molecule has 0 radical (unpaired) electrons. The Labute approximate surface area is 79.9 Å². The van der Waals surface area contributed by atoms with E-state index in [4.69, 9.17) is 0 Å². The van der Waals surface area contributed by atoms with Gasteiger partial charge >= 0.3 is 6.18 Å². The summed E-state index contributed by atoms with van der Waals surface area (Å²) in [7, 11) is 1.78. The van der Waals surface area contributed by atoms with Crippen LogP contribution in [-0.4, -0.2) is 22.3 Å². The first-order chi connectivity index (χ1) is 6.49. The van der Waals surface area contributed by atoms with Gasteiger partial charge in [0.2, 0.25) is 5.95 Å². The van der Waals surface area contributed by atoms with E-state index in [0.717, 1.165) is 0 Å². The van der Waals surface area contributed by atoms with Crippen molar-refractivity contribution in [1.82, 2.24) is 9.55 Å². The van der Waals surface area contributed by atoms with Gasteiger partial charge in [-0.1, -0.05) is 0 Å². The van der Waals surface area contributed by atoms with E-state index in [9.17, 15) is 13.2 Å². The minimum atomic E-state index is -4.07. The fourth-order valence-corrected chi connectivity index (χ4v) is 1.02. The van der Waals surface area contributed by atoms with E-state index in [0.29, 0.717) is 5.95 Å². The molecule has 1 aromatic heterocycles. The molecule has 0 bridgehead atoms. The molecular weight excluding hydrogens is 195 g/mol. The van der Waals surface area contributed by atoms with Crippen LogP contribution in [-0.2, 0) is 7.05 Å². The highest BCUT2D eigenvalue weighted by molar-refractivity contribution is 5.24. The number of rotatable bonds is 4. The van der Waals surface area contributed by atoms with Gasteiger partial charge in [0.25, 0.3) is 0 Å². The number of halogens is 3. The second-order valence-corrected chi connectivity index (χ2v) is 3.01. The minimum Gasteiger partial charge on any atom is -0.356 e. The zero-order chi connectivity index (χ0) is 10.6. The van der Waals surface area contributed by atoms with E-state index in [-0.39, 0.29) is 13.0 Å². The van der Waals surface area contributed by atoms with Gasteiger partial charge in [-0.15, -0.1) is 0 Å². The molecule has 1 N–H and O–H groups in total. The average Bonchev–Trinajstić information content (AvgIpc) is 2.44. The van der Waals surface area contributed by atoms with Crippen molar-refractivity contribution in [3.63, 3.8) is 0 Å². The topological polar surface area (TPSA) is 29.9 Å². The number of aromatic nitrogens is 2. The summed E-state index contributed by atoms with van der Waals surface area (Å²) in [6, 6.07) is 0. The Bertz CT molecular complexity index is 280. The molecule has 1 rings (SSSR count). The van der Waals surface area contributed by atoms with Gasteiger partial charge in [0, 0.05) is 32.4 Å². The summed E-state index contributed by atoms with van der Waals surface area (Å²) >= 11 is 0. The maximum absolute atomic E-state index is 11.8. The first-order valence-electron chi connectivity index (χ1n) is 4.27. The highest BCUT2D eigenvalue weighted by atomic mass is 19.4. The predicted octanol–water partition coefficient (Wildman–Crippen LogP) is 2.17. The Morgan fingerprint density at radius 2 is 2.21 bits per heavy atom. The molecule has 6 heteroatoms. The van der Waals surface area contributed by atoms with Crippen LogP contribution in [0.2, 0.25) is 0 Å². The lowest BCUT2D eigenvalue weighted by Crippen LogP contribution is -2.12. The van der Waals surface area contributed by atoms with Crippen LogP contribution in [0.4, 0.5) is 19.1 Å². The van der Waals surface area contributed by atoms with Crippen molar-refractivity contribution in [3.8, 4) is 0 Å². The molecule has 0 aliphatic heterocycles. The van der Waals surface area contributed by atoms with Gasteiger partial charge in [-0.3, -0.25) is 0 Å². The number of anilines is 1. The van der Waals surface area contributed by atoms with E-state index < -0.39 is 12.6 Å². The molecule has 3 nitrogen and oxygen atoms in total. The molecule has 0 unspecified atom stereocenters. The number of aryl methyl sites for hydroxylation is 1. The van der Waals surface area contributed by atoms with Gasteiger partial charge in [0.05, 0.1) is 0 Å². The predicted molar refractivity (Wildman–Crippen MR) is 47.0 cm³/mol. The number of hydrogen-bond acceptors (Lipinski definition) is 2. The Hall–Kier alpha value is -1.20. The summed E-state index contributed by atoms with van der Waals surface area (Å²) < 4.78 is 37.0. The third-order valence-corrected chi connectivity index (χ3v) is 1.74. The van der Waals surface area contributed by atoms with Crippen molar-refractivity contribution < 1.29 is 13.2 Å². The van der Waals surface area contributed by atoms with Gasteiger partial charge in [0.15, 0.2) is 0 Å². The van der Waals surface area contributed by atoms with Gasteiger partial charge in [-0.05, 0) is 6.42 Å². The Morgan fingerprint density at radius 1 is 1.50 bits per heavy atom. The molecule has 80 valence electrons. The third kappa shape index (κ3) is 3.68. The molecule has 0 saturated heterocycles. The largest absolute Gasteiger partial charge is 0.389 e. The molecule has 0 amide bonds. The summed E-state index contributed by atoms with van der Waals surface area (Å²) in [4.78, 5) is 3.92. The quantitative estimate of drug-likeness (QED) is 0.767. The maximum Gasteiger partial charge on any atom is 0.389 e. The van der Waals surface area contributed by atoms with Gasteiger partial charge in [-0.2, -0.15) is 13.2 Å². The first-order valence-corrected chi connectivity index (χ1v) is 4.27. The van der Waals surface area contributed by atoms with Crippen LogP contribution in [0.5, 0.6) is 0 Å². The van der Waals surface area contributed by atoms with E-state index in [1.165, 1.54) is 0 Å². The van der Waals surface area contributed by atoms with E-state index in [1.807, 2.05) is 0 Å². The molecule has 14 heavy (non-hydrogen) atoms. The van der Waals surface area contributed by atoms with Gasteiger partial charge in [-0.25, -0.2) is 4.98 Å². The van der Waals surface area contributed by atoms with E-state index in [1.54, 1.807) is 24.0 Å². The standard InChI is InChI=1S/C8H12F3N3/c1-14-6-5-13-7(14)12-4-2-3-8(9,10)11/h5-6H,2-4H2,1H3,(H,12,13). The minimum absolute atomic E-state index is 0.0658. The van der Waals surface area contributed by atoms with Crippen molar-refractivity contribution in [2.45, 2.75) is 19.0 Å². The van der Waals surface area contributed by atoms with E-state index >= 15 is 0 Å². The average molecular weight is 207 g/mol. The Morgan fingerprint density at radius 3 is 2.71 bits per heavy atom. The normalized spacial score (nSPS) is 11.7. The maximum atomic E-state index is 11.8. The first kappa shape index (κ1) is 10.9. The summed E-state index contributed by atoms with van der Waals surface area (Å²) in [5.41, 5.74) is 0. The molecule has 0 aliphatic rings. The van der Waals surface area contributed by atoms with Gasteiger partial charge in [0.1, 0.15) is 0 Å². The highest BCUT2D eigenvalue weighted by Gasteiger charge is 2.25. The summed E-state index contributed by atoms with van der Waals surface area (Å²) in [6.45, 7) is 0.282. The second kappa shape index (κ2) is 4.34. The molecule has 0 aromatic carbocycles. The lowest BCUT2D eigenvalue weighted by molar-refractivity contribution is -0.134.